The minimum Gasteiger partial charge on any atom is -0.379 e. The van der Waals surface area contributed by atoms with Crippen LogP contribution in [0, 0.1) is 10.1 Å². The van der Waals surface area contributed by atoms with Gasteiger partial charge in [0.1, 0.15) is 5.82 Å². The number of ether oxygens (including phenoxy) is 2. The van der Waals surface area contributed by atoms with Crippen LogP contribution in [0.4, 0.5) is 5.69 Å². The maximum atomic E-state index is 11.2. The largest absolute Gasteiger partial charge is 0.379 e. The van der Waals surface area contributed by atoms with Crippen molar-refractivity contribution >= 4 is 11.9 Å². The number of nitrogens with one attached hydrogen (secondary N) is 2. The Morgan fingerprint density at radius 1 is 1.03 bits per heavy atom. The topological polar surface area (TPSA) is 108 Å². The van der Waals surface area contributed by atoms with Gasteiger partial charge in [-0.05, 0) is 11.6 Å². The number of allylic oxidation sites excluding steroid dienone is 1. The van der Waals surface area contributed by atoms with Gasteiger partial charge in [0.25, 0.3) is 11.6 Å². The van der Waals surface area contributed by atoms with Crippen LogP contribution in [-0.2, 0) is 9.47 Å². The Morgan fingerprint density at radius 3 is 2.42 bits per heavy atom. The molecule has 3 saturated heterocycles. The van der Waals surface area contributed by atoms with Crippen molar-refractivity contribution in [1.82, 2.24) is 25.3 Å². The van der Waals surface area contributed by atoms with E-state index in [1.807, 2.05) is 24.4 Å². The number of benzene rings is 1. The summed E-state index contributed by atoms with van der Waals surface area (Å²) in [6.07, 6.45) is 3.94. The van der Waals surface area contributed by atoms with E-state index in [4.69, 9.17) is 14.5 Å². The van der Waals surface area contributed by atoms with Crippen LogP contribution in [0.15, 0.2) is 41.2 Å². The van der Waals surface area contributed by atoms with Gasteiger partial charge in [0.05, 0.1) is 37.4 Å². The molecule has 4 heterocycles. The highest BCUT2D eigenvalue weighted by atomic mass is 16.6. The molecule has 0 spiro atoms. The van der Waals surface area contributed by atoms with Gasteiger partial charge in [0.15, 0.2) is 0 Å². The number of nitro groups is 1. The van der Waals surface area contributed by atoms with Crippen molar-refractivity contribution in [2.45, 2.75) is 12.0 Å². The quantitative estimate of drug-likeness (QED) is 0.478. The average molecular weight is 458 g/mol. The van der Waals surface area contributed by atoms with E-state index < -0.39 is 5.91 Å². The van der Waals surface area contributed by atoms with Crippen molar-refractivity contribution in [2.24, 2.45) is 4.99 Å². The van der Waals surface area contributed by atoms with Crippen LogP contribution in [0.1, 0.15) is 11.6 Å². The van der Waals surface area contributed by atoms with Gasteiger partial charge in [-0.1, -0.05) is 12.1 Å². The molecular weight excluding hydrogens is 426 g/mol. The van der Waals surface area contributed by atoms with Crippen molar-refractivity contribution in [3.05, 3.63) is 51.8 Å². The first-order valence-electron chi connectivity index (χ1n) is 11.6. The summed E-state index contributed by atoms with van der Waals surface area (Å²) in [5.74, 6) is 0.279. The first-order valence-corrected chi connectivity index (χ1v) is 11.6. The van der Waals surface area contributed by atoms with Crippen molar-refractivity contribution < 1.29 is 14.4 Å². The summed E-state index contributed by atoms with van der Waals surface area (Å²) in [6.45, 7) is 8.27. The second-order valence-corrected chi connectivity index (χ2v) is 8.55. The number of nitro benzene ring substituents is 1. The van der Waals surface area contributed by atoms with Gasteiger partial charge >= 0.3 is 0 Å². The summed E-state index contributed by atoms with van der Waals surface area (Å²) >= 11 is 0. The minimum absolute atomic E-state index is 0.00362. The molecule has 0 aliphatic carbocycles. The van der Waals surface area contributed by atoms with E-state index in [-0.39, 0.29) is 16.7 Å². The molecule has 4 aliphatic heterocycles. The van der Waals surface area contributed by atoms with E-state index >= 15 is 0 Å². The van der Waals surface area contributed by atoms with Gasteiger partial charge < -0.3 is 25.0 Å². The molecule has 5 rings (SSSR count). The fourth-order valence-corrected chi connectivity index (χ4v) is 5.00. The summed E-state index contributed by atoms with van der Waals surface area (Å²) in [7, 11) is 0. The highest BCUT2D eigenvalue weighted by Gasteiger charge is 2.48. The third kappa shape index (κ3) is 4.46. The molecule has 0 radical (unpaired) electrons. The molecule has 2 unspecified atom stereocenters. The Labute approximate surface area is 193 Å². The van der Waals surface area contributed by atoms with Gasteiger partial charge in [-0.2, -0.15) is 0 Å². The standard InChI is InChI=1S/C22H31N7O4/c30-29(31)19-3-1-18(2-4-19)20-17-23-7-8-28(20)22(27-11-15-33-16-12-27)24-6-5-21(25-22)26-9-13-32-14-10-26/h1-6,20,23,25H,7-17H2. The van der Waals surface area contributed by atoms with E-state index in [9.17, 15) is 10.1 Å². The Bertz CT molecular complexity index is 897. The van der Waals surface area contributed by atoms with Gasteiger partial charge in [0.2, 0.25) is 0 Å². The number of hydrogen-bond donors (Lipinski definition) is 2. The highest BCUT2D eigenvalue weighted by molar-refractivity contribution is 5.73. The molecule has 0 amide bonds. The maximum absolute atomic E-state index is 11.2. The van der Waals surface area contributed by atoms with Crippen LogP contribution in [0.5, 0.6) is 0 Å². The molecule has 3 fully saturated rings. The number of hydrogen-bond acceptors (Lipinski definition) is 10. The lowest BCUT2D eigenvalue weighted by Gasteiger charge is -2.55. The lowest BCUT2D eigenvalue weighted by Crippen LogP contribution is -2.73. The first-order chi connectivity index (χ1) is 16.2. The summed E-state index contributed by atoms with van der Waals surface area (Å²) in [5.41, 5.74) is 1.13. The second-order valence-electron chi connectivity index (χ2n) is 8.55. The van der Waals surface area contributed by atoms with Gasteiger partial charge in [0, 0.05) is 64.2 Å². The summed E-state index contributed by atoms with van der Waals surface area (Å²) in [6, 6.07) is 6.89. The van der Waals surface area contributed by atoms with Crippen LogP contribution in [0.2, 0.25) is 0 Å². The van der Waals surface area contributed by atoms with E-state index in [1.54, 1.807) is 12.1 Å². The number of piperazine rings is 1. The number of morpholine rings is 2. The zero-order valence-corrected chi connectivity index (χ0v) is 18.7. The van der Waals surface area contributed by atoms with E-state index in [0.29, 0.717) is 26.4 Å². The van der Waals surface area contributed by atoms with Crippen LogP contribution >= 0.6 is 0 Å². The fraction of sp³-hybridized carbons (Fsp3) is 0.591. The number of aliphatic imine (C=N–C) groups is 1. The molecule has 0 bridgehead atoms. The van der Waals surface area contributed by atoms with Crippen LogP contribution in [0.3, 0.4) is 0 Å². The molecule has 4 aliphatic rings. The highest BCUT2D eigenvalue weighted by Crippen LogP contribution is 2.35. The Balaban J connectivity index is 1.49. The lowest BCUT2D eigenvalue weighted by atomic mass is 10.0. The monoisotopic (exact) mass is 457 g/mol. The molecule has 2 N–H and O–H groups in total. The first kappa shape index (κ1) is 22.2. The average Bonchev–Trinajstić information content (AvgIpc) is 2.90. The van der Waals surface area contributed by atoms with E-state index in [2.05, 4.69) is 25.3 Å². The molecule has 0 saturated carbocycles. The van der Waals surface area contributed by atoms with Crippen LogP contribution in [-0.4, -0.2) is 104 Å². The van der Waals surface area contributed by atoms with Crippen LogP contribution in [0.25, 0.3) is 0 Å². The second kappa shape index (κ2) is 9.74. The third-order valence-electron chi connectivity index (χ3n) is 6.72. The molecule has 11 heteroatoms. The smallest absolute Gasteiger partial charge is 0.269 e. The van der Waals surface area contributed by atoms with Crippen molar-refractivity contribution in [1.29, 1.82) is 0 Å². The van der Waals surface area contributed by atoms with Gasteiger partial charge in [-0.3, -0.25) is 10.1 Å². The molecular formula is C22H31N7O4. The maximum Gasteiger partial charge on any atom is 0.269 e. The molecule has 33 heavy (non-hydrogen) atoms. The predicted molar refractivity (Wildman–Crippen MR) is 123 cm³/mol. The van der Waals surface area contributed by atoms with Gasteiger partial charge in [-0.15, -0.1) is 0 Å². The normalized spacial score (nSPS) is 29.4. The summed E-state index contributed by atoms with van der Waals surface area (Å²) < 4.78 is 11.2. The van der Waals surface area contributed by atoms with Crippen molar-refractivity contribution in [3.63, 3.8) is 0 Å². The molecule has 1 aromatic rings. The van der Waals surface area contributed by atoms with Crippen LogP contribution < -0.4 is 10.6 Å². The lowest BCUT2D eigenvalue weighted by molar-refractivity contribution is -0.384. The summed E-state index contributed by atoms with van der Waals surface area (Å²) in [5, 5.41) is 18.5. The Kier molecular flexibility index (Phi) is 6.56. The predicted octanol–water partition coefficient (Wildman–Crippen LogP) is 0.332. The fourth-order valence-electron chi connectivity index (χ4n) is 5.00. The van der Waals surface area contributed by atoms with Gasteiger partial charge in [-0.25, -0.2) is 14.8 Å². The zero-order chi connectivity index (χ0) is 22.7. The summed E-state index contributed by atoms with van der Waals surface area (Å²) in [4.78, 5) is 22.9. The molecule has 1 aromatic carbocycles. The molecule has 178 valence electrons. The minimum atomic E-state index is -0.763. The third-order valence-corrected chi connectivity index (χ3v) is 6.72. The molecule has 2 atom stereocenters. The molecule has 11 nitrogen and oxygen atoms in total. The van der Waals surface area contributed by atoms with E-state index in [1.165, 1.54) is 0 Å². The number of rotatable bonds is 5. The number of non-ortho nitro benzene ring substituents is 1. The Morgan fingerprint density at radius 2 is 1.73 bits per heavy atom. The SMILES string of the molecule is O=[N+]([O-])c1ccc(C2CNCCN2C2(N3CCOCC3)N=CC=C(N3CCOCC3)N2)cc1. The van der Waals surface area contributed by atoms with Crippen molar-refractivity contribution in [3.8, 4) is 0 Å². The molecule has 0 aromatic heterocycles. The van der Waals surface area contributed by atoms with E-state index in [0.717, 1.165) is 57.2 Å². The Hall–Kier alpha value is -2.57. The zero-order valence-electron chi connectivity index (χ0n) is 18.7. The van der Waals surface area contributed by atoms with Crippen molar-refractivity contribution in [2.75, 3.05) is 72.2 Å². The number of nitrogens with zero attached hydrogens (tertiary/aromatic N) is 5.